The quantitative estimate of drug-likeness (QED) is 0.562. The number of hydrogen-bond donors (Lipinski definition) is 2. The molecule has 4 heterocycles. The predicted octanol–water partition coefficient (Wildman–Crippen LogP) is 2.85. The van der Waals surface area contributed by atoms with Gasteiger partial charge in [-0.25, -0.2) is 14.5 Å². The molecule has 3 aromatic rings. The van der Waals surface area contributed by atoms with E-state index in [0.717, 1.165) is 42.5 Å². The number of anilines is 1. The van der Waals surface area contributed by atoms with Crippen LogP contribution < -0.4 is 15.8 Å². The summed E-state index contributed by atoms with van der Waals surface area (Å²) in [5.74, 6) is 0.854. The topological polar surface area (TPSA) is 128 Å². The van der Waals surface area contributed by atoms with E-state index in [1.54, 1.807) is 16.8 Å². The van der Waals surface area contributed by atoms with Crippen LogP contribution in [0.1, 0.15) is 54.9 Å². The summed E-state index contributed by atoms with van der Waals surface area (Å²) in [7, 11) is 1.49. The number of fused-ring (bicyclic) bond motifs is 1. The van der Waals surface area contributed by atoms with Crippen molar-refractivity contribution in [1.82, 2.24) is 29.8 Å². The van der Waals surface area contributed by atoms with Crippen molar-refractivity contribution in [3.05, 3.63) is 35.8 Å². The first-order valence-corrected chi connectivity index (χ1v) is 12.6. The average Bonchev–Trinajstić information content (AvgIpc) is 3.43. The number of aryl methyl sites for hydroxylation is 1. The minimum atomic E-state index is -0.281. The number of carbonyl (C=O) groups is 2. The fraction of sp³-hybridized carbons (Fsp3) is 0.500. The van der Waals surface area contributed by atoms with Gasteiger partial charge in [-0.2, -0.15) is 5.10 Å². The molecule has 190 valence electrons. The van der Waals surface area contributed by atoms with E-state index in [1.807, 2.05) is 17.9 Å². The summed E-state index contributed by atoms with van der Waals surface area (Å²) in [6.45, 7) is 5.19. The van der Waals surface area contributed by atoms with Crippen molar-refractivity contribution in [2.75, 3.05) is 25.9 Å². The Kier molecular flexibility index (Phi) is 6.51. The minimum absolute atomic E-state index is 0.125. The standard InChI is InChI=1S/C26H33N7O3/c1-15-9-21(33-22(15)23(27)29-14-30-33)18-10-19(25(36-3)28-11-18)24(34)31-20-13-32(12-16(20)2)26(35)17-7-5-4-6-8-17/h9-11,14,16-17,20H,4-8,12-13H2,1-3H3,(H,31,34)(H2,27,29,30). The molecule has 0 aromatic carbocycles. The van der Waals surface area contributed by atoms with E-state index < -0.39 is 0 Å². The summed E-state index contributed by atoms with van der Waals surface area (Å²) in [5, 5.41) is 7.47. The molecule has 3 aromatic heterocycles. The molecule has 2 aliphatic rings. The average molecular weight is 492 g/mol. The lowest BCUT2D eigenvalue weighted by Gasteiger charge is -2.26. The molecular formula is C26H33N7O3. The Labute approximate surface area is 210 Å². The van der Waals surface area contributed by atoms with E-state index >= 15 is 0 Å². The van der Waals surface area contributed by atoms with Crippen molar-refractivity contribution < 1.29 is 14.3 Å². The van der Waals surface area contributed by atoms with E-state index in [9.17, 15) is 9.59 Å². The number of pyridine rings is 1. The van der Waals surface area contributed by atoms with Crippen molar-refractivity contribution >= 4 is 23.1 Å². The molecule has 2 unspecified atom stereocenters. The second-order valence-corrected chi connectivity index (χ2v) is 10.0. The minimum Gasteiger partial charge on any atom is -0.480 e. The van der Waals surface area contributed by atoms with Crippen LogP contribution in [-0.4, -0.2) is 62.5 Å². The van der Waals surface area contributed by atoms with Crippen LogP contribution >= 0.6 is 0 Å². The summed E-state index contributed by atoms with van der Waals surface area (Å²) >= 11 is 0. The van der Waals surface area contributed by atoms with Gasteiger partial charge in [0.1, 0.15) is 17.4 Å². The molecule has 10 heteroatoms. The first-order chi connectivity index (χ1) is 17.4. The van der Waals surface area contributed by atoms with Crippen LogP contribution in [-0.2, 0) is 4.79 Å². The van der Waals surface area contributed by atoms with Crippen LogP contribution in [0.4, 0.5) is 5.82 Å². The zero-order valence-corrected chi connectivity index (χ0v) is 21.0. The maximum Gasteiger partial charge on any atom is 0.257 e. The SMILES string of the molecule is COc1ncc(-c2cc(C)c3c(N)ncnn23)cc1C(=O)NC1CN(C(=O)C2CCCCC2)CC1C. The third-order valence-corrected chi connectivity index (χ3v) is 7.55. The number of aromatic nitrogens is 4. The van der Waals surface area contributed by atoms with Crippen LogP contribution in [0.3, 0.4) is 0 Å². The Morgan fingerprint density at radius 2 is 1.92 bits per heavy atom. The fourth-order valence-electron chi connectivity index (χ4n) is 5.57. The van der Waals surface area contributed by atoms with Gasteiger partial charge in [0.2, 0.25) is 11.8 Å². The van der Waals surface area contributed by atoms with Gasteiger partial charge in [0.05, 0.1) is 18.8 Å². The number of nitrogens with zero attached hydrogens (tertiary/aromatic N) is 5. The smallest absolute Gasteiger partial charge is 0.257 e. The van der Waals surface area contributed by atoms with Crippen molar-refractivity contribution in [1.29, 1.82) is 0 Å². The third kappa shape index (κ3) is 4.36. The zero-order valence-electron chi connectivity index (χ0n) is 21.0. The van der Waals surface area contributed by atoms with E-state index in [0.29, 0.717) is 30.0 Å². The molecule has 1 aliphatic carbocycles. The second-order valence-electron chi connectivity index (χ2n) is 10.0. The number of carbonyl (C=O) groups excluding carboxylic acids is 2. The molecule has 5 rings (SSSR count). The maximum absolute atomic E-state index is 13.4. The molecular weight excluding hydrogens is 458 g/mol. The van der Waals surface area contributed by atoms with Gasteiger partial charge in [0, 0.05) is 30.8 Å². The number of nitrogen functional groups attached to an aromatic ring is 1. The van der Waals surface area contributed by atoms with E-state index in [4.69, 9.17) is 10.5 Å². The molecule has 36 heavy (non-hydrogen) atoms. The Balaban J connectivity index is 1.37. The molecule has 1 saturated carbocycles. The fourth-order valence-corrected chi connectivity index (χ4v) is 5.57. The number of rotatable bonds is 5. The zero-order chi connectivity index (χ0) is 25.4. The van der Waals surface area contributed by atoms with Gasteiger partial charge in [0.15, 0.2) is 5.82 Å². The Morgan fingerprint density at radius 1 is 1.14 bits per heavy atom. The monoisotopic (exact) mass is 491 g/mol. The largest absolute Gasteiger partial charge is 0.480 e. The van der Waals surface area contributed by atoms with Crippen LogP contribution in [0.15, 0.2) is 24.7 Å². The first kappa shape index (κ1) is 24.0. The highest BCUT2D eigenvalue weighted by molar-refractivity contribution is 5.98. The van der Waals surface area contributed by atoms with Crippen molar-refractivity contribution in [2.45, 2.75) is 52.0 Å². The number of hydrogen-bond acceptors (Lipinski definition) is 7. The van der Waals surface area contributed by atoms with E-state index in [-0.39, 0.29) is 35.6 Å². The number of nitrogens with one attached hydrogen (secondary N) is 1. The van der Waals surface area contributed by atoms with Crippen LogP contribution in [0.2, 0.25) is 0 Å². The van der Waals surface area contributed by atoms with Crippen LogP contribution in [0, 0.1) is 18.8 Å². The van der Waals surface area contributed by atoms with Crippen LogP contribution in [0.5, 0.6) is 5.88 Å². The second kappa shape index (κ2) is 9.75. The Bertz CT molecular complexity index is 1300. The lowest BCUT2D eigenvalue weighted by Crippen LogP contribution is -2.41. The van der Waals surface area contributed by atoms with Gasteiger partial charge >= 0.3 is 0 Å². The van der Waals surface area contributed by atoms with Crippen molar-refractivity contribution in [2.24, 2.45) is 11.8 Å². The molecule has 2 fully saturated rings. The Hall–Kier alpha value is -3.69. The lowest BCUT2D eigenvalue weighted by atomic mass is 9.88. The molecule has 2 atom stereocenters. The molecule has 1 aliphatic heterocycles. The molecule has 0 bridgehead atoms. The highest BCUT2D eigenvalue weighted by atomic mass is 16.5. The number of likely N-dealkylation sites (tertiary alicyclic amines) is 1. The highest BCUT2D eigenvalue weighted by Crippen LogP contribution is 2.31. The molecule has 1 saturated heterocycles. The summed E-state index contributed by atoms with van der Waals surface area (Å²) < 4.78 is 7.12. The molecule has 0 radical (unpaired) electrons. The summed E-state index contributed by atoms with van der Waals surface area (Å²) in [6.07, 6.45) is 8.46. The summed E-state index contributed by atoms with van der Waals surface area (Å²) in [5.41, 5.74) is 9.48. The number of ether oxygens (including phenoxy) is 1. The number of methoxy groups -OCH3 is 1. The normalized spacial score (nSPS) is 20.6. The van der Waals surface area contributed by atoms with Gasteiger partial charge in [0.25, 0.3) is 5.91 Å². The number of nitrogens with two attached hydrogens (primary N) is 1. The van der Waals surface area contributed by atoms with Gasteiger partial charge < -0.3 is 20.7 Å². The van der Waals surface area contributed by atoms with Crippen LogP contribution in [0.25, 0.3) is 16.8 Å². The van der Waals surface area contributed by atoms with E-state index in [2.05, 4.69) is 27.3 Å². The number of amides is 2. The van der Waals surface area contributed by atoms with Gasteiger partial charge in [-0.15, -0.1) is 0 Å². The van der Waals surface area contributed by atoms with Gasteiger partial charge in [-0.3, -0.25) is 9.59 Å². The summed E-state index contributed by atoms with van der Waals surface area (Å²) in [4.78, 5) is 36.9. The predicted molar refractivity (Wildman–Crippen MR) is 135 cm³/mol. The maximum atomic E-state index is 13.4. The Morgan fingerprint density at radius 3 is 2.67 bits per heavy atom. The molecule has 3 N–H and O–H groups in total. The van der Waals surface area contributed by atoms with Gasteiger partial charge in [-0.1, -0.05) is 26.2 Å². The summed E-state index contributed by atoms with van der Waals surface area (Å²) in [6, 6.07) is 3.56. The third-order valence-electron chi connectivity index (χ3n) is 7.55. The van der Waals surface area contributed by atoms with Gasteiger partial charge in [-0.05, 0) is 43.4 Å². The molecule has 2 amide bonds. The lowest BCUT2D eigenvalue weighted by molar-refractivity contribution is -0.135. The highest BCUT2D eigenvalue weighted by Gasteiger charge is 2.36. The van der Waals surface area contributed by atoms with E-state index in [1.165, 1.54) is 19.9 Å². The molecule has 10 nitrogen and oxygen atoms in total. The first-order valence-electron chi connectivity index (χ1n) is 12.6. The molecule has 0 spiro atoms. The van der Waals surface area contributed by atoms with Crippen molar-refractivity contribution in [3.63, 3.8) is 0 Å². The van der Waals surface area contributed by atoms with Crippen molar-refractivity contribution in [3.8, 4) is 17.1 Å².